The summed E-state index contributed by atoms with van der Waals surface area (Å²) in [5.41, 5.74) is 1.85. The lowest BCUT2D eigenvalue weighted by atomic mass is 9.83. The molecule has 1 aromatic heterocycles. The van der Waals surface area contributed by atoms with Crippen LogP contribution < -0.4 is 9.64 Å². The maximum Gasteiger partial charge on any atom is 0.205 e. The molecule has 6 heteroatoms. The van der Waals surface area contributed by atoms with Crippen LogP contribution in [0.15, 0.2) is 30.6 Å². The van der Waals surface area contributed by atoms with Gasteiger partial charge < -0.3 is 14.6 Å². The van der Waals surface area contributed by atoms with Crippen LogP contribution in [0.5, 0.6) is 5.75 Å². The first-order chi connectivity index (χ1) is 10.1. The molecule has 2 aromatic rings. The SMILES string of the molecule is CN(C)c1ccc2c(c1)OC(=N)C(C#N)C2c1ncc[nH]1. The number of nitriles is 1. The molecule has 1 aliphatic rings. The van der Waals surface area contributed by atoms with Crippen LogP contribution in [0.4, 0.5) is 5.69 Å². The highest BCUT2D eigenvalue weighted by atomic mass is 16.5. The van der Waals surface area contributed by atoms with E-state index in [0.29, 0.717) is 11.6 Å². The summed E-state index contributed by atoms with van der Waals surface area (Å²) in [6.07, 6.45) is 3.37. The summed E-state index contributed by atoms with van der Waals surface area (Å²) in [6.45, 7) is 0. The predicted molar refractivity (Wildman–Crippen MR) is 78.7 cm³/mol. The van der Waals surface area contributed by atoms with Gasteiger partial charge in [-0.25, -0.2) is 4.98 Å². The first kappa shape index (κ1) is 13.2. The van der Waals surface area contributed by atoms with Crippen molar-refractivity contribution in [3.63, 3.8) is 0 Å². The molecular formula is C15H15N5O. The number of ether oxygens (including phenoxy) is 1. The molecule has 21 heavy (non-hydrogen) atoms. The molecule has 3 rings (SSSR count). The number of imidazole rings is 1. The Morgan fingerprint density at radius 2 is 2.24 bits per heavy atom. The van der Waals surface area contributed by atoms with Gasteiger partial charge in [0.15, 0.2) is 0 Å². The maximum atomic E-state index is 9.38. The van der Waals surface area contributed by atoms with E-state index in [1.807, 2.05) is 37.2 Å². The summed E-state index contributed by atoms with van der Waals surface area (Å²) in [5, 5.41) is 17.4. The summed E-state index contributed by atoms with van der Waals surface area (Å²) in [5.74, 6) is 0.265. The highest BCUT2D eigenvalue weighted by Gasteiger charge is 2.38. The summed E-state index contributed by atoms with van der Waals surface area (Å²) in [7, 11) is 3.88. The average molecular weight is 281 g/mol. The van der Waals surface area contributed by atoms with Crippen molar-refractivity contribution in [2.75, 3.05) is 19.0 Å². The van der Waals surface area contributed by atoms with E-state index in [-0.39, 0.29) is 11.8 Å². The van der Waals surface area contributed by atoms with Gasteiger partial charge in [-0.05, 0) is 6.07 Å². The molecule has 0 fully saturated rings. The van der Waals surface area contributed by atoms with Crippen LogP contribution in [-0.2, 0) is 0 Å². The Hall–Kier alpha value is -2.81. The summed E-state index contributed by atoms with van der Waals surface area (Å²) in [4.78, 5) is 9.27. The molecule has 2 atom stereocenters. The molecule has 0 aliphatic carbocycles. The maximum absolute atomic E-state index is 9.38. The fourth-order valence-electron chi connectivity index (χ4n) is 2.55. The molecule has 1 aliphatic heterocycles. The quantitative estimate of drug-likeness (QED) is 0.882. The van der Waals surface area contributed by atoms with E-state index < -0.39 is 5.92 Å². The molecule has 0 spiro atoms. The van der Waals surface area contributed by atoms with Gasteiger partial charge in [0, 0.05) is 43.8 Å². The third kappa shape index (κ3) is 2.13. The van der Waals surface area contributed by atoms with E-state index >= 15 is 0 Å². The Morgan fingerprint density at radius 1 is 1.43 bits per heavy atom. The molecule has 2 heterocycles. The summed E-state index contributed by atoms with van der Waals surface area (Å²) < 4.78 is 5.55. The Balaban J connectivity index is 2.15. The minimum atomic E-state index is -0.672. The second-order valence-corrected chi connectivity index (χ2v) is 5.14. The average Bonchev–Trinajstić information content (AvgIpc) is 2.98. The van der Waals surface area contributed by atoms with Crippen LogP contribution in [0.2, 0.25) is 0 Å². The van der Waals surface area contributed by atoms with Gasteiger partial charge in [-0.2, -0.15) is 5.26 Å². The second kappa shape index (κ2) is 4.94. The van der Waals surface area contributed by atoms with Gasteiger partial charge >= 0.3 is 0 Å². The number of rotatable bonds is 2. The zero-order valence-electron chi connectivity index (χ0n) is 11.8. The zero-order valence-corrected chi connectivity index (χ0v) is 11.8. The number of aromatic amines is 1. The molecule has 2 unspecified atom stereocenters. The molecule has 0 bridgehead atoms. The standard InChI is InChI=1S/C15H15N5O/c1-20(2)9-3-4-10-12(7-9)21-14(17)11(8-16)13(10)15-18-5-6-19-15/h3-7,11,13,17H,1-2H3,(H,18,19). The number of hydrogen-bond acceptors (Lipinski definition) is 5. The van der Waals surface area contributed by atoms with Gasteiger partial charge in [-0.15, -0.1) is 0 Å². The van der Waals surface area contributed by atoms with Gasteiger partial charge in [0.2, 0.25) is 5.90 Å². The second-order valence-electron chi connectivity index (χ2n) is 5.14. The van der Waals surface area contributed by atoms with Crippen molar-refractivity contribution in [3.05, 3.63) is 42.0 Å². The van der Waals surface area contributed by atoms with E-state index in [1.54, 1.807) is 12.4 Å². The largest absolute Gasteiger partial charge is 0.442 e. The van der Waals surface area contributed by atoms with Gasteiger partial charge in [0.05, 0.1) is 12.0 Å². The van der Waals surface area contributed by atoms with Crippen LogP contribution >= 0.6 is 0 Å². The molecule has 106 valence electrons. The Kier molecular flexibility index (Phi) is 3.10. The first-order valence-corrected chi connectivity index (χ1v) is 6.58. The van der Waals surface area contributed by atoms with Crippen LogP contribution in [-0.4, -0.2) is 30.0 Å². The van der Waals surface area contributed by atoms with Gasteiger partial charge in [-0.1, -0.05) is 6.07 Å². The molecule has 0 saturated carbocycles. The Morgan fingerprint density at radius 3 is 2.86 bits per heavy atom. The smallest absolute Gasteiger partial charge is 0.205 e. The van der Waals surface area contributed by atoms with Crippen LogP contribution in [0.1, 0.15) is 17.3 Å². The van der Waals surface area contributed by atoms with Crippen LogP contribution in [0.25, 0.3) is 0 Å². The Labute approximate surface area is 122 Å². The number of fused-ring (bicyclic) bond motifs is 1. The number of H-pyrrole nitrogens is 1. The molecule has 6 nitrogen and oxygen atoms in total. The van der Waals surface area contributed by atoms with Crippen molar-refractivity contribution < 1.29 is 4.74 Å². The van der Waals surface area contributed by atoms with E-state index in [0.717, 1.165) is 11.3 Å². The van der Waals surface area contributed by atoms with E-state index in [2.05, 4.69) is 16.0 Å². The number of nitrogens with one attached hydrogen (secondary N) is 2. The third-order valence-electron chi connectivity index (χ3n) is 3.64. The summed E-state index contributed by atoms with van der Waals surface area (Å²) in [6, 6.07) is 7.95. The normalized spacial score (nSPS) is 20.3. The molecule has 0 radical (unpaired) electrons. The van der Waals surface area contributed by atoms with Crippen molar-refractivity contribution in [1.29, 1.82) is 10.7 Å². The number of anilines is 1. The lowest BCUT2D eigenvalue weighted by Crippen LogP contribution is -2.31. The van der Waals surface area contributed by atoms with Gasteiger partial charge in [-0.3, -0.25) is 5.41 Å². The van der Waals surface area contributed by atoms with E-state index in [4.69, 9.17) is 10.1 Å². The number of benzene rings is 1. The first-order valence-electron chi connectivity index (χ1n) is 6.58. The Bertz CT molecular complexity index is 714. The van der Waals surface area contributed by atoms with Crippen molar-refractivity contribution in [2.24, 2.45) is 5.92 Å². The highest BCUT2D eigenvalue weighted by Crippen LogP contribution is 2.42. The molecule has 0 amide bonds. The van der Waals surface area contributed by atoms with Gasteiger partial charge in [0.25, 0.3) is 0 Å². The molecular weight excluding hydrogens is 266 g/mol. The predicted octanol–water partition coefficient (Wildman–Crippen LogP) is 2.12. The zero-order chi connectivity index (χ0) is 15.0. The van der Waals surface area contributed by atoms with Crippen LogP contribution in [0, 0.1) is 22.7 Å². The number of nitrogens with zero attached hydrogens (tertiary/aromatic N) is 3. The monoisotopic (exact) mass is 281 g/mol. The summed E-state index contributed by atoms with van der Waals surface area (Å²) >= 11 is 0. The highest BCUT2D eigenvalue weighted by molar-refractivity contribution is 5.85. The van der Waals surface area contributed by atoms with Gasteiger partial charge in [0.1, 0.15) is 17.5 Å². The minimum absolute atomic E-state index is 0.0395. The fourth-order valence-corrected chi connectivity index (χ4v) is 2.55. The molecule has 1 aromatic carbocycles. The van der Waals surface area contributed by atoms with Crippen molar-refractivity contribution in [1.82, 2.24) is 9.97 Å². The fraction of sp³-hybridized carbons (Fsp3) is 0.267. The molecule has 0 saturated heterocycles. The van der Waals surface area contributed by atoms with E-state index in [1.165, 1.54) is 0 Å². The van der Waals surface area contributed by atoms with E-state index in [9.17, 15) is 5.26 Å². The van der Waals surface area contributed by atoms with Crippen LogP contribution in [0.3, 0.4) is 0 Å². The minimum Gasteiger partial charge on any atom is -0.442 e. The lowest BCUT2D eigenvalue weighted by Gasteiger charge is -2.29. The molecule has 2 N–H and O–H groups in total. The number of hydrogen-bond donors (Lipinski definition) is 2. The topological polar surface area (TPSA) is 88.8 Å². The van der Waals surface area contributed by atoms with Crippen molar-refractivity contribution in [2.45, 2.75) is 5.92 Å². The lowest BCUT2D eigenvalue weighted by molar-refractivity contribution is 0.445. The van der Waals surface area contributed by atoms with Crippen molar-refractivity contribution >= 4 is 11.6 Å². The van der Waals surface area contributed by atoms with Crippen molar-refractivity contribution in [3.8, 4) is 11.8 Å². The third-order valence-corrected chi connectivity index (χ3v) is 3.64. The number of aromatic nitrogens is 2.